The third kappa shape index (κ3) is 2.26. The minimum Gasteiger partial charge on any atom is -0.300 e. The Morgan fingerprint density at radius 1 is 1.38 bits per heavy atom. The lowest BCUT2D eigenvalue weighted by Gasteiger charge is -2.29. The van der Waals surface area contributed by atoms with Crippen molar-refractivity contribution in [2.45, 2.75) is 18.9 Å². The molecule has 0 N–H and O–H groups in total. The largest absolute Gasteiger partial charge is 0.300 e. The lowest BCUT2D eigenvalue weighted by atomic mass is 10.1. The van der Waals surface area contributed by atoms with Crippen molar-refractivity contribution in [3.63, 3.8) is 0 Å². The van der Waals surface area contributed by atoms with Gasteiger partial charge in [0.2, 0.25) is 0 Å². The Labute approximate surface area is 94.5 Å². The average molecular weight is 215 g/mol. The predicted molar refractivity (Wildman–Crippen MR) is 58.4 cm³/mol. The van der Waals surface area contributed by atoms with Crippen LogP contribution in [0.4, 0.5) is 0 Å². The molecule has 0 saturated carbocycles. The quantitative estimate of drug-likeness (QED) is 0.746. The third-order valence-corrected chi connectivity index (χ3v) is 2.81. The van der Waals surface area contributed by atoms with Gasteiger partial charge in [-0.25, -0.2) is 0 Å². The number of hydrogen-bond donors (Lipinski definition) is 0. The lowest BCUT2D eigenvalue weighted by molar-refractivity contribution is -0.121. The van der Waals surface area contributed by atoms with E-state index in [4.69, 9.17) is 0 Å². The van der Waals surface area contributed by atoms with Crippen molar-refractivity contribution in [2.24, 2.45) is 0 Å². The first-order valence-electron chi connectivity index (χ1n) is 5.37. The van der Waals surface area contributed by atoms with Gasteiger partial charge in [0.1, 0.15) is 11.8 Å². The van der Waals surface area contributed by atoms with Crippen LogP contribution in [0.3, 0.4) is 0 Å². The highest BCUT2D eigenvalue weighted by Crippen LogP contribution is 2.20. The first kappa shape index (κ1) is 10.8. The van der Waals surface area contributed by atoms with Gasteiger partial charge in [0, 0.05) is 32.1 Å². The average Bonchev–Trinajstić information content (AvgIpc) is 2.34. The number of likely N-dealkylation sites (tertiary alicyclic amines) is 1. The topological polar surface area (TPSA) is 57.0 Å². The van der Waals surface area contributed by atoms with Gasteiger partial charge >= 0.3 is 0 Å². The number of nitriles is 1. The maximum absolute atomic E-state index is 11.1. The molecule has 1 aromatic rings. The fourth-order valence-corrected chi connectivity index (χ4v) is 1.90. The van der Waals surface area contributed by atoms with Crippen molar-refractivity contribution in [1.82, 2.24) is 9.88 Å². The Kier molecular flexibility index (Phi) is 3.28. The summed E-state index contributed by atoms with van der Waals surface area (Å²) in [6.07, 6.45) is 2.78. The van der Waals surface area contributed by atoms with Crippen LogP contribution in [0, 0.1) is 11.3 Å². The summed E-state index contributed by atoms with van der Waals surface area (Å²) in [5.74, 6) is 0.286. The molecule has 4 nitrogen and oxygen atoms in total. The summed E-state index contributed by atoms with van der Waals surface area (Å²) in [7, 11) is 0. The first-order valence-corrected chi connectivity index (χ1v) is 5.37. The van der Waals surface area contributed by atoms with Gasteiger partial charge in [-0.1, -0.05) is 6.07 Å². The number of carbonyl (C=O) groups excluding carboxylic acids is 1. The van der Waals surface area contributed by atoms with E-state index in [9.17, 15) is 10.1 Å². The summed E-state index contributed by atoms with van der Waals surface area (Å²) in [5, 5.41) is 9.18. The van der Waals surface area contributed by atoms with E-state index in [0.29, 0.717) is 25.9 Å². The van der Waals surface area contributed by atoms with Crippen LogP contribution in [0.15, 0.2) is 24.4 Å². The van der Waals surface area contributed by atoms with E-state index in [1.807, 2.05) is 23.1 Å². The molecule has 1 saturated heterocycles. The van der Waals surface area contributed by atoms with Crippen molar-refractivity contribution in [3.05, 3.63) is 30.1 Å². The third-order valence-electron chi connectivity index (χ3n) is 2.81. The maximum atomic E-state index is 11.1. The molecule has 0 amide bonds. The molecule has 0 aromatic carbocycles. The molecule has 4 heteroatoms. The van der Waals surface area contributed by atoms with Crippen molar-refractivity contribution in [1.29, 1.82) is 5.26 Å². The summed E-state index contributed by atoms with van der Waals surface area (Å²) in [5.41, 5.74) is 0.763. The molecule has 82 valence electrons. The molecule has 1 aliphatic rings. The number of pyridine rings is 1. The van der Waals surface area contributed by atoms with Crippen LogP contribution in [0.2, 0.25) is 0 Å². The number of rotatable bonds is 2. The fourth-order valence-electron chi connectivity index (χ4n) is 1.90. The zero-order valence-electron chi connectivity index (χ0n) is 8.97. The number of ketones is 1. The van der Waals surface area contributed by atoms with Crippen molar-refractivity contribution in [2.75, 3.05) is 13.1 Å². The predicted octanol–water partition coefficient (Wildman–Crippen LogP) is 1.31. The van der Waals surface area contributed by atoms with E-state index in [1.54, 1.807) is 6.20 Å². The van der Waals surface area contributed by atoms with E-state index < -0.39 is 0 Å². The van der Waals surface area contributed by atoms with Gasteiger partial charge in [-0.3, -0.25) is 14.7 Å². The van der Waals surface area contributed by atoms with E-state index in [1.165, 1.54) is 0 Å². The molecule has 0 radical (unpaired) electrons. The Morgan fingerprint density at radius 2 is 2.12 bits per heavy atom. The molecule has 1 aromatic heterocycles. The van der Waals surface area contributed by atoms with Gasteiger partial charge < -0.3 is 0 Å². The molecule has 16 heavy (non-hydrogen) atoms. The zero-order valence-corrected chi connectivity index (χ0v) is 8.97. The number of aromatic nitrogens is 1. The molecule has 1 aliphatic heterocycles. The van der Waals surface area contributed by atoms with Crippen LogP contribution in [-0.4, -0.2) is 28.8 Å². The van der Waals surface area contributed by atoms with Crippen molar-refractivity contribution >= 4 is 5.78 Å². The van der Waals surface area contributed by atoms with E-state index in [2.05, 4.69) is 11.1 Å². The highest BCUT2D eigenvalue weighted by atomic mass is 16.1. The molecule has 2 rings (SSSR count). The summed E-state index contributed by atoms with van der Waals surface area (Å²) in [6, 6.07) is 7.49. The molecule has 0 spiro atoms. The smallest absolute Gasteiger partial charge is 0.140 e. The maximum Gasteiger partial charge on any atom is 0.140 e. The SMILES string of the molecule is N#CC(c1ccccn1)N1CCC(=O)CC1. The lowest BCUT2D eigenvalue weighted by Crippen LogP contribution is -2.36. The van der Waals surface area contributed by atoms with Gasteiger partial charge in [-0.05, 0) is 12.1 Å². The van der Waals surface area contributed by atoms with Crippen LogP contribution in [0.1, 0.15) is 24.6 Å². The molecule has 1 fully saturated rings. The van der Waals surface area contributed by atoms with E-state index >= 15 is 0 Å². The summed E-state index contributed by atoms with van der Waals surface area (Å²) < 4.78 is 0. The van der Waals surface area contributed by atoms with Crippen LogP contribution < -0.4 is 0 Å². The molecule has 0 aliphatic carbocycles. The first-order chi connectivity index (χ1) is 7.81. The second kappa shape index (κ2) is 4.86. The Balaban J connectivity index is 2.12. The van der Waals surface area contributed by atoms with E-state index in [0.717, 1.165) is 5.69 Å². The van der Waals surface area contributed by atoms with Crippen LogP contribution in [-0.2, 0) is 4.79 Å². The number of nitrogens with zero attached hydrogens (tertiary/aromatic N) is 3. The molecule has 1 atom stereocenters. The second-order valence-electron chi connectivity index (χ2n) is 3.86. The Hall–Kier alpha value is -1.73. The van der Waals surface area contributed by atoms with Gasteiger partial charge in [0.05, 0.1) is 11.8 Å². The van der Waals surface area contributed by atoms with Crippen LogP contribution in [0.5, 0.6) is 0 Å². The highest BCUT2D eigenvalue weighted by molar-refractivity contribution is 5.79. The van der Waals surface area contributed by atoms with Gasteiger partial charge in [-0.15, -0.1) is 0 Å². The Morgan fingerprint density at radius 3 is 2.69 bits per heavy atom. The monoisotopic (exact) mass is 215 g/mol. The number of hydrogen-bond acceptors (Lipinski definition) is 4. The van der Waals surface area contributed by atoms with Crippen molar-refractivity contribution < 1.29 is 4.79 Å². The molecular formula is C12H13N3O. The van der Waals surface area contributed by atoms with Gasteiger partial charge in [-0.2, -0.15) is 5.26 Å². The number of piperidine rings is 1. The van der Waals surface area contributed by atoms with Crippen molar-refractivity contribution in [3.8, 4) is 6.07 Å². The summed E-state index contributed by atoms with van der Waals surface area (Å²) in [4.78, 5) is 17.3. The number of carbonyl (C=O) groups is 1. The normalized spacial score (nSPS) is 19.1. The second-order valence-corrected chi connectivity index (χ2v) is 3.86. The molecule has 2 heterocycles. The van der Waals surface area contributed by atoms with E-state index in [-0.39, 0.29) is 11.8 Å². The molecular weight excluding hydrogens is 202 g/mol. The summed E-state index contributed by atoms with van der Waals surface area (Å²) >= 11 is 0. The van der Waals surface area contributed by atoms with Crippen LogP contribution >= 0.6 is 0 Å². The Bertz CT molecular complexity index is 400. The minimum atomic E-state index is -0.325. The zero-order chi connectivity index (χ0) is 11.4. The standard InChI is InChI=1S/C12H13N3O/c13-9-12(11-3-1-2-6-14-11)15-7-4-10(16)5-8-15/h1-3,6,12H,4-5,7-8H2. The number of Topliss-reactive ketones (excluding diaryl/α,β-unsaturated/α-hetero) is 1. The highest BCUT2D eigenvalue weighted by Gasteiger charge is 2.25. The molecule has 1 unspecified atom stereocenters. The fraction of sp³-hybridized carbons (Fsp3) is 0.417. The van der Waals surface area contributed by atoms with Gasteiger partial charge in [0.15, 0.2) is 0 Å². The van der Waals surface area contributed by atoms with Crippen LogP contribution in [0.25, 0.3) is 0 Å². The van der Waals surface area contributed by atoms with Gasteiger partial charge in [0.25, 0.3) is 0 Å². The molecule has 0 bridgehead atoms. The summed E-state index contributed by atoms with van der Waals surface area (Å²) in [6.45, 7) is 1.32. The minimum absolute atomic E-state index is 0.286.